The van der Waals surface area contributed by atoms with Crippen molar-refractivity contribution in [2.75, 3.05) is 19.7 Å². The van der Waals surface area contributed by atoms with E-state index in [1.807, 2.05) is 56.3 Å². The van der Waals surface area contributed by atoms with E-state index in [0.717, 1.165) is 12.0 Å². The van der Waals surface area contributed by atoms with E-state index in [1.54, 1.807) is 4.90 Å². The highest BCUT2D eigenvalue weighted by Gasteiger charge is 2.67. The maximum Gasteiger partial charge on any atom is 0.313 e. The monoisotopic (exact) mass is 385 g/mol. The zero-order valence-corrected chi connectivity index (χ0v) is 16.4. The highest BCUT2D eigenvalue weighted by atomic mass is 16.6. The Morgan fingerprint density at radius 3 is 2.86 bits per heavy atom. The van der Waals surface area contributed by atoms with Crippen molar-refractivity contribution >= 4 is 11.9 Å². The van der Waals surface area contributed by atoms with Gasteiger partial charge in [0, 0.05) is 13.2 Å². The van der Waals surface area contributed by atoms with Crippen LogP contribution in [0.3, 0.4) is 0 Å². The van der Waals surface area contributed by atoms with Crippen LogP contribution in [-0.2, 0) is 30.4 Å². The second kappa shape index (κ2) is 7.68. The van der Waals surface area contributed by atoms with Gasteiger partial charge in [-0.2, -0.15) is 0 Å². The fourth-order valence-electron chi connectivity index (χ4n) is 4.44. The van der Waals surface area contributed by atoms with Gasteiger partial charge in [0.25, 0.3) is 0 Å². The van der Waals surface area contributed by atoms with Crippen LogP contribution < -0.4 is 0 Å². The number of rotatable bonds is 8. The molecule has 4 rings (SSSR count). The van der Waals surface area contributed by atoms with Crippen molar-refractivity contribution < 1.29 is 23.8 Å². The van der Waals surface area contributed by atoms with Crippen LogP contribution in [0, 0.1) is 11.8 Å². The Bertz CT molecular complexity index is 761. The lowest BCUT2D eigenvalue weighted by Gasteiger charge is -2.22. The molecule has 0 N–H and O–H groups in total. The molecule has 6 heteroatoms. The molecule has 6 nitrogen and oxygen atoms in total. The van der Waals surface area contributed by atoms with Gasteiger partial charge in [0.2, 0.25) is 5.91 Å². The summed E-state index contributed by atoms with van der Waals surface area (Å²) in [5, 5.41) is 0. The van der Waals surface area contributed by atoms with Crippen LogP contribution in [0.1, 0.15) is 25.8 Å². The van der Waals surface area contributed by atoms with Gasteiger partial charge in [-0.1, -0.05) is 42.5 Å². The van der Waals surface area contributed by atoms with Crippen LogP contribution in [-0.4, -0.2) is 54.3 Å². The number of esters is 1. The summed E-state index contributed by atoms with van der Waals surface area (Å²) in [7, 11) is 0. The average molecular weight is 385 g/mol. The second-order valence-electron chi connectivity index (χ2n) is 8.03. The first-order valence-electron chi connectivity index (χ1n) is 9.98. The largest absolute Gasteiger partial charge is 0.460 e. The molecule has 1 amide bonds. The predicted octanol–water partition coefficient (Wildman–Crippen LogP) is 2.33. The van der Waals surface area contributed by atoms with E-state index in [-0.39, 0.29) is 30.7 Å². The smallest absolute Gasteiger partial charge is 0.313 e. The minimum atomic E-state index is -0.683. The third kappa shape index (κ3) is 3.47. The average Bonchev–Trinajstić information content (AvgIpc) is 3.32. The van der Waals surface area contributed by atoms with Crippen LogP contribution in [0.25, 0.3) is 0 Å². The molecule has 28 heavy (non-hydrogen) atoms. The Labute approximate surface area is 165 Å². The highest BCUT2D eigenvalue weighted by Crippen LogP contribution is 2.52. The molecule has 150 valence electrons. The van der Waals surface area contributed by atoms with Crippen molar-refractivity contribution in [2.45, 2.75) is 44.7 Å². The van der Waals surface area contributed by atoms with Gasteiger partial charge in [-0.15, -0.1) is 0 Å². The fourth-order valence-corrected chi connectivity index (χ4v) is 4.44. The molecule has 0 saturated carbocycles. The lowest BCUT2D eigenvalue weighted by molar-refractivity contribution is -0.155. The number of likely N-dealkylation sites (tertiary alicyclic amines) is 1. The molecule has 0 radical (unpaired) electrons. The molecule has 3 aliphatic rings. The first kappa shape index (κ1) is 19.2. The summed E-state index contributed by atoms with van der Waals surface area (Å²) >= 11 is 0. The van der Waals surface area contributed by atoms with Crippen LogP contribution in [0.4, 0.5) is 0 Å². The van der Waals surface area contributed by atoms with Gasteiger partial charge in [0.1, 0.15) is 18.1 Å². The number of hydrogen-bond donors (Lipinski definition) is 0. The third-order valence-corrected chi connectivity index (χ3v) is 5.70. The summed E-state index contributed by atoms with van der Waals surface area (Å²) in [5.74, 6) is -1.43. The van der Waals surface area contributed by atoms with Gasteiger partial charge in [-0.05, 0) is 25.8 Å². The SMILES string of the molecule is CC(C)OCCCN1C[C@]23C=C[C@@H](O2)[C@H](C(=O)OCc2ccccc2)[C@@H]3C1=O. The van der Waals surface area contributed by atoms with Crippen molar-refractivity contribution in [2.24, 2.45) is 11.8 Å². The highest BCUT2D eigenvalue weighted by molar-refractivity contribution is 5.91. The molecular weight excluding hydrogens is 358 g/mol. The Morgan fingerprint density at radius 1 is 1.32 bits per heavy atom. The number of hydrogen-bond acceptors (Lipinski definition) is 5. The van der Waals surface area contributed by atoms with Crippen molar-refractivity contribution in [3.63, 3.8) is 0 Å². The number of carbonyl (C=O) groups is 2. The van der Waals surface area contributed by atoms with Gasteiger partial charge < -0.3 is 19.1 Å². The Morgan fingerprint density at radius 2 is 2.11 bits per heavy atom. The summed E-state index contributed by atoms with van der Waals surface area (Å²) in [4.78, 5) is 27.7. The lowest BCUT2D eigenvalue weighted by atomic mass is 9.77. The summed E-state index contributed by atoms with van der Waals surface area (Å²) in [6.45, 7) is 5.91. The number of benzene rings is 1. The molecule has 1 spiro atoms. The van der Waals surface area contributed by atoms with Gasteiger partial charge in [0.15, 0.2) is 0 Å². The number of ether oxygens (including phenoxy) is 3. The predicted molar refractivity (Wildman–Crippen MR) is 102 cm³/mol. The van der Waals surface area contributed by atoms with Crippen molar-refractivity contribution in [1.82, 2.24) is 4.90 Å². The van der Waals surface area contributed by atoms with Crippen LogP contribution in [0.5, 0.6) is 0 Å². The van der Waals surface area contributed by atoms with Crippen molar-refractivity contribution in [1.29, 1.82) is 0 Å². The summed E-state index contributed by atoms with van der Waals surface area (Å²) in [6, 6.07) is 9.55. The topological polar surface area (TPSA) is 65.1 Å². The number of amides is 1. The zero-order valence-electron chi connectivity index (χ0n) is 16.4. The van der Waals surface area contributed by atoms with E-state index in [0.29, 0.717) is 19.7 Å². The molecular formula is C22H27NO5. The van der Waals surface area contributed by atoms with E-state index in [1.165, 1.54) is 0 Å². The molecule has 3 aliphatic heterocycles. The van der Waals surface area contributed by atoms with Crippen molar-refractivity contribution in [3.8, 4) is 0 Å². The van der Waals surface area contributed by atoms with E-state index < -0.39 is 17.4 Å². The minimum absolute atomic E-state index is 0.0157. The zero-order chi connectivity index (χ0) is 19.7. The number of fused-ring (bicyclic) bond motifs is 1. The molecule has 2 saturated heterocycles. The molecule has 0 aromatic heterocycles. The summed E-state index contributed by atoms with van der Waals surface area (Å²) in [5.41, 5.74) is 0.242. The standard InChI is InChI=1S/C22H27NO5/c1-15(2)26-12-6-11-23-14-22-10-9-17(28-22)18(19(22)20(23)24)21(25)27-13-16-7-4-3-5-8-16/h3-5,7-10,15,17-19H,6,11-14H2,1-2H3/t17-,18+,19-,22+/m1/s1. The van der Waals surface area contributed by atoms with Gasteiger partial charge >= 0.3 is 5.97 Å². The summed E-state index contributed by atoms with van der Waals surface area (Å²) < 4.78 is 17.2. The molecule has 2 fully saturated rings. The van der Waals surface area contributed by atoms with Crippen LogP contribution in [0.15, 0.2) is 42.5 Å². The maximum atomic E-state index is 13.1. The van der Waals surface area contributed by atoms with Gasteiger partial charge in [0.05, 0.1) is 24.7 Å². The number of nitrogens with zero attached hydrogens (tertiary/aromatic N) is 1. The maximum absolute atomic E-state index is 13.1. The minimum Gasteiger partial charge on any atom is -0.460 e. The molecule has 1 aromatic carbocycles. The fraction of sp³-hybridized carbons (Fsp3) is 0.545. The van der Waals surface area contributed by atoms with Crippen molar-refractivity contribution in [3.05, 3.63) is 48.0 Å². The number of carbonyl (C=O) groups excluding carboxylic acids is 2. The van der Waals surface area contributed by atoms with E-state index in [9.17, 15) is 9.59 Å². The second-order valence-corrected chi connectivity index (χ2v) is 8.03. The van der Waals surface area contributed by atoms with Crippen LogP contribution in [0.2, 0.25) is 0 Å². The molecule has 3 heterocycles. The Hall–Kier alpha value is -2.18. The van der Waals surface area contributed by atoms with E-state index in [2.05, 4.69) is 0 Å². The quantitative estimate of drug-likeness (QED) is 0.390. The molecule has 4 atom stereocenters. The molecule has 0 aliphatic carbocycles. The van der Waals surface area contributed by atoms with E-state index >= 15 is 0 Å². The molecule has 2 bridgehead atoms. The normalized spacial score (nSPS) is 30.3. The van der Waals surface area contributed by atoms with Crippen LogP contribution >= 0.6 is 0 Å². The Balaban J connectivity index is 1.39. The molecule has 1 aromatic rings. The third-order valence-electron chi connectivity index (χ3n) is 5.70. The van der Waals surface area contributed by atoms with Gasteiger partial charge in [-0.3, -0.25) is 9.59 Å². The van der Waals surface area contributed by atoms with Gasteiger partial charge in [-0.25, -0.2) is 0 Å². The summed E-state index contributed by atoms with van der Waals surface area (Å²) in [6.07, 6.45) is 4.44. The Kier molecular flexibility index (Phi) is 5.25. The first-order valence-corrected chi connectivity index (χ1v) is 9.98. The van der Waals surface area contributed by atoms with E-state index in [4.69, 9.17) is 14.2 Å². The molecule has 0 unspecified atom stereocenters. The first-order chi connectivity index (χ1) is 13.5. The lowest BCUT2D eigenvalue weighted by Crippen LogP contribution is -2.40.